The molecule has 2 aromatic rings. The van der Waals surface area contributed by atoms with Crippen LogP contribution in [-0.2, 0) is 12.8 Å². The number of anilines is 1. The van der Waals surface area contributed by atoms with Crippen LogP contribution in [0.3, 0.4) is 0 Å². The second-order valence-electron chi connectivity index (χ2n) is 5.55. The molecule has 0 atom stereocenters. The molecule has 0 bridgehead atoms. The van der Waals surface area contributed by atoms with Crippen LogP contribution in [0.5, 0.6) is 0 Å². The molecule has 2 N–H and O–H groups in total. The molecule has 0 aliphatic heterocycles. The van der Waals surface area contributed by atoms with Crippen molar-refractivity contribution in [3.8, 4) is 0 Å². The summed E-state index contributed by atoms with van der Waals surface area (Å²) in [7, 11) is 0. The third-order valence-corrected chi connectivity index (χ3v) is 5.62. The molecule has 0 amide bonds. The zero-order valence-electron chi connectivity index (χ0n) is 13.0. The SMILES string of the molecule is Cc1ccc(Br)c(CCCc2ccc(Br)c(C)c2N)c1[N+](=O)[O-]. The zero-order valence-corrected chi connectivity index (χ0v) is 16.2. The first-order valence-corrected chi connectivity index (χ1v) is 8.87. The van der Waals surface area contributed by atoms with Gasteiger partial charge in [0.05, 0.1) is 4.92 Å². The molecule has 6 heteroatoms. The van der Waals surface area contributed by atoms with Gasteiger partial charge in [-0.1, -0.05) is 44.0 Å². The summed E-state index contributed by atoms with van der Waals surface area (Å²) in [6.45, 7) is 3.75. The van der Waals surface area contributed by atoms with Crippen LogP contribution in [0.2, 0.25) is 0 Å². The number of nitro groups is 1. The summed E-state index contributed by atoms with van der Waals surface area (Å²) >= 11 is 6.90. The molecular weight excluding hydrogens is 424 g/mol. The first-order valence-electron chi connectivity index (χ1n) is 7.28. The number of nitro benzene ring substituents is 1. The van der Waals surface area contributed by atoms with Crippen LogP contribution in [0.25, 0.3) is 0 Å². The highest BCUT2D eigenvalue weighted by Gasteiger charge is 2.19. The molecule has 2 rings (SSSR count). The second kappa shape index (κ2) is 7.45. The minimum Gasteiger partial charge on any atom is -0.398 e. The van der Waals surface area contributed by atoms with Crippen molar-refractivity contribution in [3.05, 3.63) is 65.6 Å². The van der Waals surface area contributed by atoms with E-state index in [1.54, 1.807) is 13.0 Å². The second-order valence-corrected chi connectivity index (χ2v) is 7.26. The lowest BCUT2D eigenvalue weighted by Crippen LogP contribution is -2.02. The lowest BCUT2D eigenvalue weighted by atomic mass is 9.99. The molecule has 122 valence electrons. The van der Waals surface area contributed by atoms with Gasteiger partial charge < -0.3 is 5.73 Å². The van der Waals surface area contributed by atoms with E-state index in [2.05, 4.69) is 31.9 Å². The molecule has 0 aromatic heterocycles. The van der Waals surface area contributed by atoms with Crippen molar-refractivity contribution in [2.45, 2.75) is 33.1 Å². The summed E-state index contributed by atoms with van der Waals surface area (Å²) in [6.07, 6.45) is 2.22. The van der Waals surface area contributed by atoms with Crippen LogP contribution in [0.15, 0.2) is 33.2 Å². The highest BCUT2D eigenvalue weighted by atomic mass is 79.9. The number of nitrogens with two attached hydrogens (primary N) is 1. The summed E-state index contributed by atoms with van der Waals surface area (Å²) in [4.78, 5) is 11.0. The monoisotopic (exact) mass is 440 g/mol. The van der Waals surface area contributed by atoms with Gasteiger partial charge in [0, 0.05) is 25.8 Å². The lowest BCUT2D eigenvalue weighted by Gasteiger charge is -2.11. The van der Waals surface area contributed by atoms with E-state index in [0.29, 0.717) is 12.0 Å². The van der Waals surface area contributed by atoms with Crippen molar-refractivity contribution in [2.75, 3.05) is 5.73 Å². The number of hydrogen-bond donors (Lipinski definition) is 1. The van der Waals surface area contributed by atoms with Crippen molar-refractivity contribution in [2.24, 2.45) is 0 Å². The van der Waals surface area contributed by atoms with Gasteiger partial charge in [-0.05, 0) is 56.4 Å². The van der Waals surface area contributed by atoms with Crippen LogP contribution in [0.1, 0.15) is 28.7 Å². The largest absolute Gasteiger partial charge is 0.398 e. The van der Waals surface area contributed by atoms with E-state index in [4.69, 9.17) is 5.73 Å². The Morgan fingerprint density at radius 3 is 2.39 bits per heavy atom. The van der Waals surface area contributed by atoms with E-state index in [1.165, 1.54) is 0 Å². The number of hydrogen-bond acceptors (Lipinski definition) is 3. The molecule has 0 spiro atoms. The normalized spacial score (nSPS) is 10.8. The molecule has 0 aliphatic rings. The van der Waals surface area contributed by atoms with E-state index in [0.717, 1.165) is 44.2 Å². The topological polar surface area (TPSA) is 69.2 Å². The molecular formula is C17H18Br2N2O2. The van der Waals surface area contributed by atoms with Crippen LogP contribution < -0.4 is 5.73 Å². The molecule has 4 nitrogen and oxygen atoms in total. The number of nitrogens with zero attached hydrogens (tertiary/aromatic N) is 1. The lowest BCUT2D eigenvalue weighted by molar-refractivity contribution is -0.386. The maximum Gasteiger partial charge on any atom is 0.276 e. The molecule has 0 radical (unpaired) electrons. The number of halogens is 2. The van der Waals surface area contributed by atoms with Crippen molar-refractivity contribution >= 4 is 43.2 Å². The summed E-state index contributed by atoms with van der Waals surface area (Å²) in [6, 6.07) is 7.63. The first kappa shape index (κ1) is 17.9. The standard InChI is InChI=1S/C17H18Br2N2O2/c1-10-6-8-15(19)13(17(10)21(22)23)5-3-4-12-7-9-14(18)11(2)16(12)20/h6-9H,3-5,20H2,1-2H3. The van der Waals surface area contributed by atoms with E-state index in [-0.39, 0.29) is 10.6 Å². The Kier molecular flexibility index (Phi) is 5.81. The average molecular weight is 442 g/mol. The van der Waals surface area contributed by atoms with Crippen LogP contribution in [0, 0.1) is 24.0 Å². The summed E-state index contributed by atoms with van der Waals surface area (Å²) in [5, 5.41) is 11.3. The Morgan fingerprint density at radius 2 is 1.74 bits per heavy atom. The van der Waals surface area contributed by atoms with E-state index in [1.807, 2.05) is 25.1 Å². The predicted molar refractivity (Wildman–Crippen MR) is 101 cm³/mol. The van der Waals surface area contributed by atoms with Gasteiger partial charge in [0.15, 0.2) is 0 Å². The predicted octanol–water partition coefficient (Wildman–Crippen LogP) is 5.49. The van der Waals surface area contributed by atoms with Crippen LogP contribution >= 0.6 is 31.9 Å². The van der Waals surface area contributed by atoms with Crippen LogP contribution in [-0.4, -0.2) is 4.92 Å². The Bertz CT molecular complexity index is 761. The van der Waals surface area contributed by atoms with Gasteiger partial charge in [-0.3, -0.25) is 10.1 Å². The smallest absolute Gasteiger partial charge is 0.276 e. The van der Waals surface area contributed by atoms with Gasteiger partial charge in [-0.25, -0.2) is 0 Å². The fourth-order valence-electron chi connectivity index (χ4n) is 2.65. The fraction of sp³-hybridized carbons (Fsp3) is 0.294. The minimum atomic E-state index is -0.298. The Labute approximate surface area is 152 Å². The first-order chi connectivity index (χ1) is 10.8. The number of benzene rings is 2. The van der Waals surface area contributed by atoms with Crippen molar-refractivity contribution in [1.82, 2.24) is 0 Å². The highest BCUT2D eigenvalue weighted by Crippen LogP contribution is 2.32. The van der Waals surface area contributed by atoms with Crippen molar-refractivity contribution < 1.29 is 4.92 Å². The number of rotatable bonds is 5. The minimum absolute atomic E-state index is 0.208. The summed E-state index contributed by atoms with van der Waals surface area (Å²) in [5.74, 6) is 0. The van der Waals surface area contributed by atoms with Crippen molar-refractivity contribution in [1.29, 1.82) is 0 Å². The van der Waals surface area contributed by atoms with Gasteiger partial charge in [0.25, 0.3) is 5.69 Å². The Balaban J connectivity index is 2.18. The van der Waals surface area contributed by atoms with Gasteiger partial charge in [-0.2, -0.15) is 0 Å². The molecule has 0 aliphatic carbocycles. The molecule has 0 saturated carbocycles. The summed E-state index contributed by atoms with van der Waals surface area (Å²) < 4.78 is 1.78. The fourth-order valence-corrected chi connectivity index (χ4v) is 3.52. The maximum absolute atomic E-state index is 11.3. The molecule has 0 fully saturated rings. The Morgan fingerprint density at radius 1 is 1.09 bits per heavy atom. The third-order valence-electron chi connectivity index (χ3n) is 4.02. The zero-order chi connectivity index (χ0) is 17.1. The average Bonchev–Trinajstić information content (AvgIpc) is 2.50. The molecule has 23 heavy (non-hydrogen) atoms. The summed E-state index contributed by atoms with van der Waals surface area (Å²) in [5.41, 5.74) is 10.7. The highest BCUT2D eigenvalue weighted by molar-refractivity contribution is 9.10. The Hall–Kier alpha value is -1.40. The van der Waals surface area contributed by atoms with E-state index in [9.17, 15) is 10.1 Å². The van der Waals surface area contributed by atoms with Crippen LogP contribution in [0.4, 0.5) is 11.4 Å². The third kappa shape index (κ3) is 3.93. The van der Waals surface area contributed by atoms with Gasteiger partial charge in [0.1, 0.15) is 0 Å². The van der Waals surface area contributed by atoms with E-state index < -0.39 is 0 Å². The maximum atomic E-state index is 11.3. The number of aryl methyl sites for hydroxylation is 2. The number of nitrogen functional groups attached to an aromatic ring is 1. The molecule has 0 heterocycles. The van der Waals surface area contributed by atoms with Crippen molar-refractivity contribution in [3.63, 3.8) is 0 Å². The quantitative estimate of drug-likeness (QED) is 0.378. The molecule has 2 aromatic carbocycles. The van der Waals surface area contributed by atoms with Gasteiger partial charge in [0.2, 0.25) is 0 Å². The molecule has 0 unspecified atom stereocenters. The van der Waals surface area contributed by atoms with Gasteiger partial charge in [-0.15, -0.1) is 0 Å². The molecule has 0 saturated heterocycles. The van der Waals surface area contributed by atoms with E-state index >= 15 is 0 Å². The van der Waals surface area contributed by atoms with Gasteiger partial charge >= 0.3 is 0 Å².